The Morgan fingerprint density at radius 1 is 1.48 bits per heavy atom. The molecule has 114 valence electrons. The Morgan fingerprint density at radius 2 is 2.24 bits per heavy atom. The lowest BCUT2D eigenvalue weighted by molar-refractivity contribution is -0.138. The number of carboxylic acid groups (broad SMARTS) is 1. The van der Waals surface area contributed by atoms with Crippen molar-refractivity contribution in [1.82, 2.24) is 15.5 Å². The number of nitrogens with zero attached hydrogens (tertiary/aromatic N) is 3. The van der Waals surface area contributed by atoms with Gasteiger partial charge in [-0.05, 0) is 19.1 Å². The van der Waals surface area contributed by atoms with Crippen molar-refractivity contribution in [2.24, 2.45) is 0 Å². The number of anilines is 1. The molecule has 1 aliphatic heterocycles. The molecule has 0 radical (unpaired) electrons. The molecule has 1 aromatic heterocycles. The highest BCUT2D eigenvalue weighted by molar-refractivity contribution is 5.92. The molecule has 1 fully saturated rings. The van der Waals surface area contributed by atoms with Crippen molar-refractivity contribution < 1.29 is 19.4 Å². The molecule has 1 aromatic rings. The molecule has 1 amide bonds. The van der Waals surface area contributed by atoms with Crippen LogP contribution in [0, 0.1) is 0 Å². The minimum absolute atomic E-state index is 0.157. The SMILES string of the molecule is CCNC(=O)c1ccc(N2CC(OC)CC2C(=O)O)nn1. The second-order valence-corrected chi connectivity index (χ2v) is 4.74. The van der Waals surface area contributed by atoms with Crippen molar-refractivity contribution in [3.8, 4) is 0 Å². The van der Waals surface area contributed by atoms with Crippen LogP contribution in [-0.4, -0.2) is 59.5 Å². The van der Waals surface area contributed by atoms with Crippen molar-refractivity contribution in [1.29, 1.82) is 0 Å². The van der Waals surface area contributed by atoms with Crippen molar-refractivity contribution >= 4 is 17.7 Å². The van der Waals surface area contributed by atoms with Gasteiger partial charge in [-0.3, -0.25) is 4.79 Å². The summed E-state index contributed by atoms with van der Waals surface area (Å²) in [7, 11) is 1.55. The van der Waals surface area contributed by atoms with Crippen LogP contribution in [0.25, 0.3) is 0 Å². The van der Waals surface area contributed by atoms with Gasteiger partial charge in [0.25, 0.3) is 5.91 Å². The van der Waals surface area contributed by atoms with E-state index in [1.54, 1.807) is 18.1 Å². The van der Waals surface area contributed by atoms with E-state index in [2.05, 4.69) is 15.5 Å². The maximum absolute atomic E-state index is 11.6. The van der Waals surface area contributed by atoms with E-state index in [4.69, 9.17) is 4.74 Å². The molecule has 2 atom stereocenters. The Bertz CT molecular complexity index is 519. The van der Waals surface area contributed by atoms with Crippen LogP contribution in [0.5, 0.6) is 0 Å². The average molecular weight is 294 g/mol. The predicted molar refractivity (Wildman–Crippen MR) is 74.2 cm³/mol. The molecular formula is C13H18N4O4. The lowest BCUT2D eigenvalue weighted by atomic mass is 10.2. The first-order valence-corrected chi connectivity index (χ1v) is 6.71. The average Bonchev–Trinajstić information content (AvgIpc) is 2.92. The number of amides is 1. The summed E-state index contributed by atoms with van der Waals surface area (Å²) in [5, 5.41) is 19.7. The van der Waals surface area contributed by atoms with E-state index in [0.29, 0.717) is 25.3 Å². The summed E-state index contributed by atoms with van der Waals surface area (Å²) in [6, 6.07) is 2.44. The van der Waals surface area contributed by atoms with Gasteiger partial charge >= 0.3 is 5.97 Å². The number of rotatable bonds is 5. The van der Waals surface area contributed by atoms with Crippen LogP contribution in [0.3, 0.4) is 0 Å². The molecule has 2 rings (SSSR count). The molecule has 0 bridgehead atoms. The molecule has 0 aromatic carbocycles. The zero-order chi connectivity index (χ0) is 15.4. The Kier molecular flexibility index (Phi) is 4.69. The first kappa shape index (κ1) is 15.2. The largest absolute Gasteiger partial charge is 0.480 e. The van der Waals surface area contributed by atoms with Crippen LogP contribution in [0.1, 0.15) is 23.8 Å². The summed E-state index contributed by atoms with van der Waals surface area (Å²) >= 11 is 0. The van der Waals surface area contributed by atoms with Crippen molar-refractivity contribution in [3.63, 3.8) is 0 Å². The fourth-order valence-electron chi connectivity index (χ4n) is 2.31. The summed E-state index contributed by atoms with van der Waals surface area (Å²) in [5.41, 5.74) is 0.204. The standard InChI is InChI=1S/C13H18N4O4/c1-3-14-12(18)9-4-5-11(16-15-9)17-7-8(21-2)6-10(17)13(19)20/h4-5,8,10H,3,6-7H2,1-2H3,(H,14,18)(H,19,20). The number of carbonyl (C=O) groups is 2. The zero-order valence-electron chi connectivity index (χ0n) is 11.9. The second kappa shape index (κ2) is 6.49. The van der Waals surface area contributed by atoms with E-state index >= 15 is 0 Å². The number of aromatic nitrogens is 2. The second-order valence-electron chi connectivity index (χ2n) is 4.74. The topological polar surface area (TPSA) is 105 Å². The molecule has 8 nitrogen and oxygen atoms in total. The van der Waals surface area contributed by atoms with Crippen LogP contribution in [0.4, 0.5) is 5.82 Å². The van der Waals surface area contributed by atoms with Gasteiger partial charge < -0.3 is 20.1 Å². The van der Waals surface area contributed by atoms with Crippen molar-refractivity contribution in [3.05, 3.63) is 17.8 Å². The van der Waals surface area contributed by atoms with Gasteiger partial charge in [-0.15, -0.1) is 10.2 Å². The number of ether oxygens (including phenoxy) is 1. The van der Waals surface area contributed by atoms with E-state index in [1.807, 2.05) is 6.92 Å². The highest BCUT2D eigenvalue weighted by Gasteiger charge is 2.37. The number of hydrogen-bond acceptors (Lipinski definition) is 6. The van der Waals surface area contributed by atoms with Crippen LogP contribution in [-0.2, 0) is 9.53 Å². The minimum atomic E-state index is -0.927. The maximum Gasteiger partial charge on any atom is 0.326 e. The number of carboxylic acids is 1. The third kappa shape index (κ3) is 3.27. The van der Waals surface area contributed by atoms with E-state index in [-0.39, 0.29) is 17.7 Å². The first-order chi connectivity index (χ1) is 10.1. The van der Waals surface area contributed by atoms with Crippen molar-refractivity contribution in [2.45, 2.75) is 25.5 Å². The quantitative estimate of drug-likeness (QED) is 0.781. The highest BCUT2D eigenvalue weighted by Crippen LogP contribution is 2.25. The van der Waals surface area contributed by atoms with Gasteiger partial charge in [0.05, 0.1) is 6.10 Å². The van der Waals surface area contributed by atoms with Crippen molar-refractivity contribution in [2.75, 3.05) is 25.1 Å². The first-order valence-electron chi connectivity index (χ1n) is 6.71. The lowest BCUT2D eigenvalue weighted by Crippen LogP contribution is -2.36. The highest BCUT2D eigenvalue weighted by atomic mass is 16.5. The molecule has 0 aliphatic carbocycles. The van der Waals surface area contributed by atoms with Gasteiger partial charge in [0, 0.05) is 26.6 Å². The number of hydrogen-bond donors (Lipinski definition) is 2. The Balaban J connectivity index is 2.17. The molecule has 1 aliphatic rings. The Morgan fingerprint density at radius 3 is 2.76 bits per heavy atom. The molecule has 21 heavy (non-hydrogen) atoms. The van der Waals surface area contributed by atoms with E-state index in [9.17, 15) is 14.7 Å². The number of aliphatic carboxylic acids is 1. The van der Waals surface area contributed by atoms with Crippen LogP contribution in [0.2, 0.25) is 0 Å². The Labute approximate surface area is 122 Å². The molecule has 2 unspecified atom stereocenters. The fourth-order valence-corrected chi connectivity index (χ4v) is 2.31. The van der Waals surface area contributed by atoms with Crippen LogP contribution in [0.15, 0.2) is 12.1 Å². The minimum Gasteiger partial charge on any atom is -0.480 e. The summed E-state index contributed by atoms with van der Waals surface area (Å²) in [6.07, 6.45) is 0.238. The summed E-state index contributed by atoms with van der Waals surface area (Å²) in [5.74, 6) is -0.804. The van der Waals surface area contributed by atoms with Crippen LogP contribution < -0.4 is 10.2 Å². The third-order valence-corrected chi connectivity index (χ3v) is 3.40. The van der Waals surface area contributed by atoms with E-state index < -0.39 is 12.0 Å². The van der Waals surface area contributed by atoms with Gasteiger partial charge in [-0.2, -0.15) is 0 Å². The molecule has 0 spiro atoms. The predicted octanol–water partition coefficient (Wildman–Crippen LogP) is -0.0954. The zero-order valence-corrected chi connectivity index (χ0v) is 11.9. The van der Waals surface area contributed by atoms with Crippen LogP contribution >= 0.6 is 0 Å². The van der Waals surface area contributed by atoms with Gasteiger partial charge in [0.2, 0.25) is 0 Å². The normalized spacial score (nSPS) is 21.3. The molecular weight excluding hydrogens is 276 g/mol. The summed E-state index contributed by atoms with van der Waals surface area (Å²) in [6.45, 7) is 2.75. The summed E-state index contributed by atoms with van der Waals surface area (Å²) in [4.78, 5) is 24.5. The lowest BCUT2D eigenvalue weighted by Gasteiger charge is -2.21. The number of methoxy groups -OCH3 is 1. The summed E-state index contributed by atoms with van der Waals surface area (Å²) < 4.78 is 5.22. The monoisotopic (exact) mass is 294 g/mol. The fraction of sp³-hybridized carbons (Fsp3) is 0.538. The maximum atomic E-state index is 11.6. The molecule has 2 N–H and O–H groups in total. The van der Waals surface area contributed by atoms with E-state index in [0.717, 1.165) is 0 Å². The number of nitrogens with one attached hydrogen (secondary N) is 1. The van der Waals surface area contributed by atoms with Gasteiger partial charge in [0.1, 0.15) is 6.04 Å². The smallest absolute Gasteiger partial charge is 0.326 e. The molecule has 8 heteroatoms. The van der Waals surface area contributed by atoms with Gasteiger partial charge in [0.15, 0.2) is 11.5 Å². The van der Waals surface area contributed by atoms with Gasteiger partial charge in [-0.25, -0.2) is 4.79 Å². The third-order valence-electron chi connectivity index (χ3n) is 3.40. The molecule has 1 saturated heterocycles. The molecule has 0 saturated carbocycles. The molecule has 2 heterocycles. The van der Waals surface area contributed by atoms with Gasteiger partial charge in [-0.1, -0.05) is 0 Å². The Hall–Kier alpha value is -2.22. The van der Waals surface area contributed by atoms with E-state index in [1.165, 1.54) is 6.07 Å². The number of carbonyl (C=O) groups excluding carboxylic acids is 1.